The molecule has 1 aromatic carbocycles. The van der Waals surface area contributed by atoms with Gasteiger partial charge < -0.3 is 15.1 Å². The van der Waals surface area contributed by atoms with Gasteiger partial charge >= 0.3 is 0 Å². The molecule has 1 amide bonds. The van der Waals surface area contributed by atoms with Crippen LogP contribution in [0.4, 0.5) is 5.69 Å². The van der Waals surface area contributed by atoms with Crippen molar-refractivity contribution in [1.82, 2.24) is 24.4 Å². The fourth-order valence-electron chi connectivity index (χ4n) is 4.63. The lowest BCUT2D eigenvalue weighted by atomic mass is 9.95. The second-order valence-corrected chi connectivity index (χ2v) is 8.43. The minimum Gasteiger partial charge on any atom is -0.325 e. The first-order valence-electron chi connectivity index (χ1n) is 10.7. The van der Waals surface area contributed by atoms with E-state index < -0.39 is 5.92 Å². The molecule has 2 aliphatic heterocycles. The molecule has 0 spiro atoms. The monoisotopic (exact) mass is 418 g/mol. The highest BCUT2D eigenvalue weighted by molar-refractivity contribution is 6.06. The Morgan fingerprint density at radius 1 is 1.19 bits per heavy atom. The summed E-state index contributed by atoms with van der Waals surface area (Å²) in [5, 5.41) is 7.26. The Morgan fingerprint density at radius 3 is 2.77 bits per heavy atom. The lowest BCUT2D eigenvalue weighted by Gasteiger charge is -2.32. The maximum atomic E-state index is 13.1. The summed E-state index contributed by atoms with van der Waals surface area (Å²) in [7, 11) is 2.13. The van der Waals surface area contributed by atoms with Gasteiger partial charge in [0.1, 0.15) is 12.2 Å². The Bertz CT molecular complexity index is 1160. The lowest BCUT2D eigenvalue weighted by molar-refractivity contribution is -0.116. The molecule has 0 saturated carbocycles. The Labute approximate surface area is 180 Å². The molecule has 1 N–H and O–H groups in total. The molecule has 8 heteroatoms. The zero-order valence-corrected chi connectivity index (χ0v) is 17.8. The van der Waals surface area contributed by atoms with Crippen molar-refractivity contribution < 1.29 is 9.59 Å². The smallest absolute Gasteiger partial charge is 0.238 e. The van der Waals surface area contributed by atoms with E-state index in [0.717, 1.165) is 55.1 Å². The number of Topliss-reactive ketones (excluding diaryl/α,β-unsaturated/α-hetero) is 1. The van der Waals surface area contributed by atoms with Crippen LogP contribution in [0.1, 0.15) is 39.5 Å². The molecule has 1 unspecified atom stereocenters. The fourth-order valence-corrected chi connectivity index (χ4v) is 4.63. The minimum absolute atomic E-state index is 0.101. The molecule has 8 nitrogen and oxygen atoms in total. The van der Waals surface area contributed by atoms with E-state index in [9.17, 15) is 9.59 Å². The molecule has 3 aromatic rings. The van der Waals surface area contributed by atoms with Gasteiger partial charge in [-0.1, -0.05) is 18.2 Å². The number of carbonyl (C=O) groups is 2. The van der Waals surface area contributed by atoms with Crippen molar-refractivity contribution in [2.75, 3.05) is 45.1 Å². The third-order valence-corrected chi connectivity index (χ3v) is 6.47. The summed E-state index contributed by atoms with van der Waals surface area (Å²) in [6.45, 7) is 6.73. The third-order valence-electron chi connectivity index (χ3n) is 6.47. The summed E-state index contributed by atoms with van der Waals surface area (Å²) in [6, 6.07) is 7.65. The SMILES string of the molecule is Cc1c(C(=O)CCN2CCN(C)CC2)cn2ncnc(C3C(=O)Nc4ccccc43)c12. The number of benzene rings is 1. The first-order valence-corrected chi connectivity index (χ1v) is 10.7. The van der Waals surface area contributed by atoms with Crippen LogP contribution in [-0.4, -0.2) is 75.9 Å². The van der Waals surface area contributed by atoms with E-state index in [1.807, 2.05) is 31.2 Å². The first-order chi connectivity index (χ1) is 15.0. The average Bonchev–Trinajstić information content (AvgIpc) is 3.29. The molecular weight excluding hydrogens is 392 g/mol. The van der Waals surface area contributed by atoms with Crippen molar-refractivity contribution in [3.05, 3.63) is 59.2 Å². The summed E-state index contributed by atoms with van der Waals surface area (Å²) >= 11 is 0. The largest absolute Gasteiger partial charge is 0.325 e. The number of ketones is 1. The Morgan fingerprint density at radius 2 is 1.97 bits per heavy atom. The van der Waals surface area contributed by atoms with E-state index in [0.29, 0.717) is 17.7 Å². The standard InChI is InChI=1S/C23H26N6O2/c1-15-17(19(30)7-8-28-11-9-27(2)10-12-28)13-29-22(15)21(24-14-25-29)20-16-5-3-4-6-18(16)26-23(20)31/h3-6,13-14,20H,7-12H2,1-2H3,(H,26,31). The number of nitrogens with one attached hydrogen (secondary N) is 1. The van der Waals surface area contributed by atoms with Gasteiger partial charge in [0, 0.05) is 56.6 Å². The maximum absolute atomic E-state index is 13.1. The number of hydrogen-bond acceptors (Lipinski definition) is 6. The molecular formula is C23H26N6O2. The van der Waals surface area contributed by atoms with Crippen molar-refractivity contribution in [2.24, 2.45) is 0 Å². The van der Waals surface area contributed by atoms with Crippen molar-refractivity contribution in [2.45, 2.75) is 19.3 Å². The summed E-state index contributed by atoms with van der Waals surface area (Å²) in [4.78, 5) is 35.0. The number of aryl methyl sites for hydroxylation is 1. The van der Waals surface area contributed by atoms with E-state index in [4.69, 9.17) is 0 Å². The van der Waals surface area contributed by atoms with Crippen LogP contribution in [0.5, 0.6) is 0 Å². The number of rotatable bonds is 5. The number of nitrogens with zero attached hydrogens (tertiary/aromatic N) is 5. The number of piperazine rings is 1. The highest BCUT2D eigenvalue weighted by atomic mass is 16.2. The maximum Gasteiger partial charge on any atom is 0.238 e. The molecule has 1 atom stereocenters. The Kier molecular flexibility index (Phi) is 5.03. The normalized spacial score (nSPS) is 19.5. The molecule has 2 aliphatic rings. The molecule has 1 saturated heterocycles. The van der Waals surface area contributed by atoms with Gasteiger partial charge in [-0.15, -0.1) is 0 Å². The first kappa shape index (κ1) is 19.8. The van der Waals surface area contributed by atoms with Crippen molar-refractivity contribution in [3.8, 4) is 0 Å². The summed E-state index contributed by atoms with van der Waals surface area (Å²) < 4.78 is 1.69. The molecule has 4 heterocycles. The average molecular weight is 419 g/mol. The number of carbonyl (C=O) groups excluding carboxylic acids is 2. The van der Waals surface area contributed by atoms with Crippen molar-refractivity contribution in [3.63, 3.8) is 0 Å². The number of hydrogen-bond donors (Lipinski definition) is 1. The van der Waals surface area contributed by atoms with E-state index in [1.165, 1.54) is 6.33 Å². The van der Waals surface area contributed by atoms with Gasteiger partial charge in [-0.2, -0.15) is 5.10 Å². The van der Waals surface area contributed by atoms with Gasteiger partial charge in [0.2, 0.25) is 5.91 Å². The summed E-state index contributed by atoms with van der Waals surface area (Å²) in [6.07, 6.45) is 3.70. The zero-order chi connectivity index (χ0) is 21.5. The molecule has 2 aromatic heterocycles. The van der Waals surface area contributed by atoms with Crippen LogP contribution >= 0.6 is 0 Å². The van der Waals surface area contributed by atoms with Crippen LogP contribution in [0.25, 0.3) is 5.52 Å². The fraction of sp³-hybridized carbons (Fsp3) is 0.391. The molecule has 160 valence electrons. The van der Waals surface area contributed by atoms with Gasteiger partial charge in [0.25, 0.3) is 0 Å². The Balaban J connectivity index is 1.44. The van der Waals surface area contributed by atoms with Gasteiger partial charge in [-0.25, -0.2) is 9.50 Å². The highest BCUT2D eigenvalue weighted by Crippen LogP contribution is 2.38. The van der Waals surface area contributed by atoms with Gasteiger partial charge in [0.05, 0.1) is 11.2 Å². The molecule has 31 heavy (non-hydrogen) atoms. The zero-order valence-electron chi connectivity index (χ0n) is 17.8. The molecule has 0 bridgehead atoms. The van der Waals surface area contributed by atoms with E-state index in [1.54, 1.807) is 10.7 Å². The van der Waals surface area contributed by atoms with E-state index in [2.05, 4.69) is 32.2 Å². The van der Waals surface area contributed by atoms with Gasteiger partial charge in [-0.05, 0) is 31.2 Å². The minimum atomic E-state index is -0.511. The van der Waals surface area contributed by atoms with Crippen LogP contribution in [0, 0.1) is 6.92 Å². The molecule has 5 rings (SSSR count). The lowest BCUT2D eigenvalue weighted by Crippen LogP contribution is -2.45. The second kappa shape index (κ2) is 7.86. The topological polar surface area (TPSA) is 82.8 Å². The molecule has 1 fully saturated rings. The van der Waals surface area contributed by atoms with Crippen LogP contribution < -0.4 is 5.32 Å². The van der Waals surface area contributed by atoms with Gasteiger partial charge in [-0.3, -0.25) is 9.59 Å². The van der Waals surface area contributed by atoms with Crippen LogP contribution in [0.3, 0.4) is 0 Å². The predicted octanol–water partition coefficient (Wildman–Crippen LogP) is 1.94. The molecule has 0 aliphatic carbocycles. The summed E-state index contributed by atoms with van der Waals surface area (Å²) in [5.41, 5.74) is 4.56. The number of likely N-dealkylation sites (N-methyl/N-ethyl adjacent to an activating group) is 1. The van der Waals surface area contributed by atoms with Crippen LogP contribution in [0.2, 0.25) is 0 Å². The van der Waals surface area contributed by atoms with Crippen LogP contribution in [-0.2, 0) is 4.79 Å². The van der Waals surface area contributed by atoms with Crippen molar-refractivity contribution in [1.29, 1.82) is 0 Å². The van der Waals surface area contributed by atoms with E-state index in [-0.39, 0.29) is 11.7 Å². The highest BCUT2D eigenvalue weighted by Gasteiger charge is 2.35. The Hall–Kier alpha value is -3.10. The number of fused-ring (bicyclic) bond motifs is 2. The number of aromatic nitrogens is 3. The van der Waals surface area contributed by atoms with Gasteiger partial charge in [0.15, 0.2) is 5.78 Å². The number of para-hydroxylation sites is 1. The predicted molar refractivity (Wildman–Crippen MR) is 118 cm³/mol. The second-order valence-electron chi connectivity index (χ2n) is 8.43. The number of anilines is 1. The van der Waals surface area contributed by atoms with Crippen molar-refractivity contribution >= 4 is 22.9 Å². The number of amides is 1. The third kappa shape index (κ3) is 3.51. The van der Waals surface area contributed by atoms with E-state index >= 15 is 0 Å². The summed E-state index contributed by atoms with van der Waals surface area (Å²) in [5.74, 6) is -0.516. The van der Waals surface area contributed by atoms with Crippen LogP contribution in [0.15, 0.2) is 36.8 Å². The quantitative estimate of drug-likeness (QED) is 0.638. The molecule has 0 radical (unpaired) electrons.